The molecule has 3 rings (SSSR count). The van der Waals surface area contributed by atoms with Gasteiger partial charge < -0.3 is 15.3 Å². The molecule has 2 N–H and O–H groups in total. The van der Waals surface area contributed by atoms with Crippen molar-refractivity contribution in [3.63, 3.8) is 0 Å². The second-order valence-electron chi connectivity index (χ2n) is 6.69. The summed E-state index contributed by atoms with van der Waals surface area (Å²) >= 11 is 0. The number of nitrogens with one attached hydrogen (secondary N) is 1. The zero-order chi connectivity index (χ0) is 19.2. The molecule has 1 fully saturated rings. The summed E-state index contributed by atoms with van der Waals surface area (Å²) in [4.78, 5) is 37.5. The van der Waals surface area contributed by atoms with Crippen LogP contribution in [0.5, 0.6) is 0 Å². The van der Waals surface area contributed by atoms with Gasteiger partial charge in [0.05, 0.1) is 12.0 Å². The summed E-state index contributed by atoms with van der Waals surface area (Å²) in [5, 5.41) is 11.8. The number of benzene rings is 2. The lowest BCUT2D eigenvalue weighted by Crippen LogP contribution is -2.42. The van der Waals surface area contributed by atoms with Crippen molar-refractivity contribution in [1.29, 1.82) is 0 Å². The Labute approximate surface area is 157 Å². The predicted molar refractivity (Wildman–Crippen MR) is 101 cm³/mol. The topological polar surface area (TPSA) is 86.7 Å². The van der Waals surface area contributed by atoms with Gasteiger partial charge in [0, 0.05) is 24.7 Å². The molecule has 0 atom stereocenters. The number of carboxylic acids is 1. The van der Waals surface area contributed by atoms with Gasteiger partial charge in [-0.1, -0.05) is 30.3 Å². The van der Waals surface area contributed by atoms with Crippen LogP contribution in [-0.2, 0) is 16.0 Å². The number of aromatic carboxylic acids is 1. The summed E-state index contributed by atoms with van der Waals surface area (Å²) < 4.78 is 0. The highest BCUT2D eigenvalue weighted by molar-refractivity contribution is 5.92. The van der Waals surface area contributed by atoms with Crippen LogP contribution in [0.3, 0.4) is 0 Å². The molecule has 2 amide bonds. The highest BCUT2D eigenvalue weighted by atomic mass is 16.4. The Morgan fingerprint density at radius 1 is 0.963 bits per heavy atom. The van der Waals surface area contributed by atoms with Crippen molar-refractivity contribution in [3.05, 3.63) is 65.7 Å². The third-order valence-corrected chi connectivity index (χ3v) is 4.82. The van der Waals surface area contributed by atoms with E-state index in [0.717, 1.165) is 11.3 Å². The standard InChI is InChI=1S/C21H22N2O4/c24-19(14-15-6-8-17(9-7-15)21(26)27)23-12-10-16(11-13-23)20(25)22-18-4-2-1-3-5-18/h1-9,16H,10-14H2,(H,22,25)(H,26,27). The third-order valence-electron chi connectivity index (χ3n) is 4.82. The number of nitrogens with zero attached hydrogens (tertiary/aromatic N) is 1. The van der Waals surface area contributed by atoms with Crippen molar-refractivity contribution < 1.29 is 19.5 Å². The lowest BCUT2D eigenvalue weighted by molar-refractivity contribution is -0.133. The van der Waals surface area contributed by atoms with E-state index in [1.165, 1.54) is 12.1 Å². The van der Waals surface area contributed by atoms with Gasteiger partial charge in [-0.15, -0.1) is 0 Å². The SMILES string of the molecule is O=C(O)c1ccc(CC(=O)N2CCC(C(=O)Nc3ccccc3)CC2)cc1. The first-order valence-corrected chi connectivity index (χ1v) is 8.99. The maximum absolute atomic E-state index is 12.5. The van der Waals surface area contributed by atoms with E-state index < -0.39 is 5.97 Å². The molecule has 0 aromatic heterocycles. The van der Waals surface area contributed by atoms with Crippen molar-refractivity contribution >= 4 is 23.5 Å². The van der Waals surface area contributed by atoms with E-state index in [2.05, 4.69) is 5.32 Å². The minimum atomic E-state index is -0.983. The number of para-hydroxylation sites is 1. The van der Waals surface area contributed by atoms with E-state index in [1.807, 2.05) is 30.3 Å². The fourth-order valence-electron chi connectivity index (χ4n) is 3.21. The smallest absolute Gasteiger partial charge is 0.335 e. The Morgan fingerprint density at radius 3 is 2.19 bits per heavy atom. The monoisotopic (exact) mass is 366 g/mol. The summed E-state index contributed by atoms with van der Waals surface area (Å²) in [5.41, 5.74) is 1.77. The van der Waals surface area contributed by atoms with Crippen LogP contribution in [0, 0.1) is 5.92 Å². The van der Waals surface area contributed by atoms with Crippen molar-refractivity contribution in [3.8, 4) is 0 Å². The van der Waals surface area contributed by atoms with Crippen LogP contribution in [-0.4, -0.2) is 40.9 Å². The van der Waals surface area contributed by atoms with Crippen molar-refractivity contribution in [1.82, 2.24) is 4.90 Å². The number of carbonyl (C=O) groups is 3. The number of hydrogen-bond acceptors (Lipinski definition) is 3. The predicted octanol–water partition coefficient (Wildman–Crippen LogP) is 2.80. The Kier molecular flexibility index (Phi) is 5.86. The molecule has 0 spiro atoms. The fourth-order valence-corrected chi connectivity index (χ4v) is 3.21. The molecule has 0 saturated carbocycles. The van der Waals surface area contributed by atoms with Gasteiger partial charge in [-0.2, -0.15) is 0 Å². The Bertz CT molecular complexity index is 810. The molecule has 1 heterocycles. The molecular formula is C21H22N2O4. The van der Waals surface area contributed by atoms with Crippen LogP contribution >= 0.6 is 0 Å². The van der Waals surface area contributed by atoms with Crippen LogP contribution in [0.2, 0.25) is 0 Å². The molecular weight excluding hydrogens is 344 g/mol. The highest BCUT2D eigenvalue weighted by Crippen LogP contribution is 2.20. The molecule has 6 nitrogen and oxygen atoms in total. The van der Waals surface area contributed by atoms with Crippen molar-refractivity contribution in [2.45, 2.75) is 19.3 Å². The summed E-state index contributed by atoms with van der Waals surface area (Å²) in [7, 11) is 0. The zero-order valence-electron chi connectivity index (χ0n) is 14.9. The van der Waals surface area contributed by atoms with Gasteiger partial charge in [0.25, 0.3) is 0 Å². The van der Waals surface area contributed by atoms with Gasteiger partial charge in [0.2, 0.25) is 11.8 Å². The van der Waals surface area contributed by atoms with Gasteiger partial charge >= 0.3 is 5.97 Å². The average Bonchev–Trinajstić information content (AvgIpc) is 2.69. The first-order valence-electron chi connectivity index (χ1n) is 8.99. The van der Waals surface area contributed by atoms with E-state index in [0.29, 0.717) is 25.9 Å². The molecule has 2 aromatic carbocycles. The molecule has 6 heteroatoms. The van der Waals surface area contributed by atoms with Gasteiger partial charge in [-0.3, -0.25) is 9.59 Å². The van der Waals surface area contributed by atoms with Gasteiger partial charge in [-0.05, 0) is 42.7 Å². The Balaban J connectivity index is 1.48. The molecule has 0 unspecified atom stereocenters. The van der Waals surface area contributed by atoms with E-state index in [4.69, 9.17) is 5.11 Å². The summed E-state index contributed by atoms with van der Waals surface area (Å²) in [6.45, 7) is 1.11. The molecule has 0 radical (unpaired) electrons. The quantitative estimate of drug-likeness (QED) is 0.852. The number of amides is 2. The minimum Gasteiger partial charge on any atom is -0.478 e. The number of piperidine rings is 1. The third kappa shape index (κ3) is 4.94. The van der Waals surface area contributed by atoms with E-state index in [9.17, 15) is 14.4 Å². The van der Waals surface area contributed by atoms with Crippen molar-refractivity contribution in [2.24, 2.45) is 5.92 Å². The Hall–Kier alpha value is -3.15. The van der Waals surface area contributed by atoms with Crippen LogP contribution in [0.4, 0.5) is 5.69 Å². The second-order valence-corrected chi connectivity index (χ2v) is 6.69. The maximum atomic E-state index is 12.5. The van der Waals surface area contributed by atoms with Gasteiger partial charge in [0.1, 0.15) is 0 Å². The molecule has 2 aromatic rings. The van der Waals surface area contributed by atoms with Gasteiger partial charge in [-0.25, -0.2) is 4.79 Å². The lowest BCUT2D eigenvalue weighted by atomic mass is 9.95. The first kappa shape index (κ1) is 18.6. The number of anilines is 1. The summed E-state index contributed by atoms with van der Waals surface area (Å²) in [5.74, 6) is -1.08. The maximum Gasteiger partial charge on any atom is 0.335 e. The summed E-state index contributed by atoms with van der Waals surface area (Å²) in [6.07, 6.45) is 1.52. The first-order chi connectivity index (χ1) is 13.0. The molecule has 140 valence electrons. The summed E-state index contributed by atoms with van der Waals surface area (Å²) in [6, 6.07) is 15.7. The number of carbonyl (C=O) groups excluding carboxylic acids is 2. The van der Waals surface area contributed by atoms with Crippen LogP contribution in [0.15, 0.2) is 54.6 Å². The van der Waals surface area contributed by atoms with Crippen LogP contribution in [0.25, 0.3) is 0 Å². The molecule has 27 heavy (non-hydrogen) atoms. The Morgan fingerprint density at radius 2 is 1.59 bits per heavy atom. The molecule has 1 aliphatic heterocycles. The van der Waals surface area contributed by atoms with E-state index in [1.54, 1.807) is 17.0 Å². The van der Waals surface area contributed by atoms with E-state index >= 15 is 0 Å². The number of rotatable bonds is 5. The average molecular weight is 366 g/mol. The fraction of sp³-hybridized carbons (Fsp3) is 0.286. The second kappa shape index (κ2) is 8.49. The normalized spacial score (nSPS) is 14.6. The molecule has 1 saturated heterocycles. The van der Waals surface area contributed by atoms with Crippen LogP contribution < -0.4 is 5.32 Å². The van der Waals surface area contributed by atoms with Gasteiger partial charge in [0.15, 0.2) is 0 Å². The van der Waals surface area contributed by atoms with Crippen LogP contribution in [0.1, 0.15) is 28.8 Å². The molecule has 0 aliphatic carbocycles. The largest absolute Gasteiger partial charge is 0.478 e. The lowest BCUT2D eigenvalue weighted by Gasteiger charge is -2.31. The number of carboxylic acid groups (broad SMARTS) is 1. The zero-order valence-corrected chi connectivity index (χ0v) is 14.9. The van der Waals surface area contributed by atoms with Crippen molar-refractivity contribution in [2.75, 3.05) is 18.4 Å². The molecule has 0 bridgehead atoms. The number of likely N-dealkylation sites (tertiary alicyclic amines) is 1. The van der Waals surface area contributed by atoms with E-state index in [-0.39, 0.29) is 29.7 Å². The molecule has 1 aliphatic rings. The highest BCUT2D eigenvalue weighted by Gasteiger charge is 2.27. The number of hydrogen-bond donors (Lipinski definition) is 2. The minimum absolute atomic E-state index is 0.00000691.